The molecule has 2 heterocycles. The molecular formula is C10H18N2O2. The Labute approximate surface area is 84.8 Å². The van der Waals surface area contributed by atoms with Gasteiger partial charge < -0.3 is 9.64 Å². The van der Waals surface area contributed by atoms with Crippen LogP contribution in [-0.2, 0) is 9.53 Å². The lowest BCUT2D eigenvalue weighted by Crippen LogP contribution is -2.51. The molecule has 0 aromatic rings. The van der Waals surface area contributed by atoms with Crippen LogP contribution in [-0.4, -0.2) is 61.1 Å². The maximum atomic E-state index is 11.1. The topological polar surface area (TPSA) is 32.8 Å². The van der Waals surface area contributed by atoms with E-state index in [9.17, 15) is 4.79 Å². The van der Waals surface area contributed by atoms with Gasteiger partial charge in [-0.15, -0.1) is 0 Å². The van der Waals surface area contributed by atoms with Crippen molar-refractivity contribution < 1.29 is 9.53 Å². The number of piperazine rings is 1. The lowest BCUT2D eigenvalue weighted by molar-refractivity contribution is -0.130. The Morgan fingerprint density at radius 1 is 1.29 bits per heavy atom. The maximum absolute atomic E-state index is 11.1. The highest BCUT2D eigenvalue weighted by atomic mass is 16.5. The van der Waals surface area contributed by atoms with Crippen molar-refractivity contribution in [1.82, 2.24) is 9.80 Å². The first-order chi connectivity index (χ1) is 6.77. The normalized spacial score (nSPS) is 29.5. The van der Waals surface area contributed by atoms with Gasteiger partial charge in [0.25, 0.3) is 0 Å². The van der Waals surface area contributed by atoms with Gasteiger partial charge in [-0.1, -0.05) is 0 Å². The first kappa shape index (κ1) is 9.93. The molecule has 14 heavy (non-hydrogen) atoms. The van der Waals surface area contributed by atoms with Gasteiger partial charge in [-0.25, -0.2) is 0 Å². The smallest absolute Gasteiger partial charge is 0.219 e. The van der Waals surface area contributed by atoms with Crippen LogP contribution in [0.15, 0.2) is 0 Å². The summed E-state index contributed by atoms with van der Waals surface area (Å²) in [7, 11) is 0. The third-order valence-corrected chi connectivity index (χ3v) is 3.18. The Morgan fingerprint density at radius 3 is 2.50 bits per heavy atom. The van der Waals surface area contributed by atoms with E-state index in [2.05, 4.69) is 4.90 Å². The van der Waals surface area contributed by atoms with E-state index in [4.69, 9.17) is 4.74 Å². The van der Waals surface area contributed by atoms with Crippen molar-refractivity contribution in [1.29, 1.82) is 0 Å². The number of rotatable bonds is 1. The minimum absolute atomic E-state index is 0.201. The van der Waals surface area contributed by atoms with Crippen molar-refractivity contribution in [3.05, 3.63) is 0 Å². The molecule has 0 saturated carbocycles. The average molecular weight is 198 g/mol. The Bertz CT molecular complexity index is 206. The molecule has 0 spiro atoms. The van der Waals surface area contributed by atoms with Gasteiger partial charge in [0.15, 0.2) is 0 Å². The van der Waals surface area contributed by atoms with E-state index >= 15 is 0 Å². The summed E-state index contributed by atoms with van der Waals surface area (Å²) in [5, 5.41) is 0. The van der Waals surface area contributed by atoms with Crippen LogP contribution >= 0.6 is 0 Å². The van der Waals surface area contributed by atoms with Crippen LogP contribution in [0.2, 0.25) is 0 Å². The first-order valence-electron chi connectivity index (χ1n) is 5.34. The molecule has 0 aromatic carbocycles. The van der Waals surface area contributed by atoms with Crippen molar-refractivity contribution in [2.24, 2.45) is 0 Å². The highest BCUT2D eigenvalue weighted by molar-refractivity contribution is 5.73. The minimum Gasteiger partial charge on any atom is -0.380 e. The summed E-state index contributed by atoms with van der Waals surface area (Å²) in [4.78, 5) is 15.5. The molecule has 0 unspecified atom stereocenters. The molecule has 2 fully saturated rings. The van der Waals surface area contributed by atoms with Crippen molar-refractivity contribution in [3.8, 4) is 0 Å². The molecule has 2 aliphatic heterocycles. The minimum atomic E-state index is 0.201. The fraction of sp³-hybridized carbons (Fsp3) is 0.900. The molecule has 0 aliphatic carbocycles. The second-order valence-electron chi connectivity index (χ2n) is 4.06. The van der Waals surface area contributed by atoms with Gasteiger partial charge in [0, 0.05) is 45.8 Å². The highest BCUT2D eigenvalue weighted by Crippen LogP contribution is 2.14. The highest BCUT2D eigenvalue weighted by Gasteiger charge is 2.27. The molecule has 2 aliphatic rings. The molecule has 2 saturated heterocycles. The third kappa shape index (κ3) is 2.07. The predicted octanol–water partition coefficient (Wildman–Crippen LogP) is -0.0606. The fourth-order valence-corrected chi connectivity index (χ4v) is 2.21. The summed E-state index contributed by atoms with van der Waals surface area (Å²) in [5.41, 5.74) is 0. The van der Waals surface area contributed by atoms with Gasteiger partial charge in [0.1, 0.15) is 0 Å². The zero-order valence-corrected chi connectivity index (χ0v) is 8.74. The summed E-state index contributed by atoms with van der Waals surface area (Å²) in [6, 6.07) is 0.601. The number of hydrogen-bond donors (Lipinski definition) is 0. The molecular weight excluding hydrogens is 180 g/mol. The van der Waals surface area contributed by atoms with Crippen LogP contribution in [0.4, 0.5) is 0 Å². The number of hydrogen-bond acceptors (Lipinski definition) is 3. The molecule has 0 bridgehead atoms. The Balaban J connectivity index is 1.80. The summed E-state index contributed by atoms with van der Waals surface area (Å²) in [6.45, 7) is 7.20. The lowest BCUT2D eigenvalue weighted by atomic mass is 10.2. The summed E-state index contributed by atoms with van der Waals surface area (Å²) in [6.07, 6.45) is 1.15. The van der Waals surface area contributed by atoms with Crippen LogP contribution in [0, 0.1) is 0 Å². The lowest BCUT2D eigenvalue weighted by Gasteiger charge is -2.37. The summed E-state index contributed by atoms with van der Waals surface area (Å²) < 4.78 is 5.36. The maximum Gasteiger partial charge on any atom is 0.219 e. The number of ether oxygens (including phenoxy) is 1. The van der Waals surface area contributed by atoms with E-state index in [-0.39, 0.29) is 5.91 Å². The monoisotopic (exact) mass is 198 g/mol. The Hall–Kier alpha value is -0.610. The fourth-order valence-electron chi connectivity index (χ4n) is 2.21. The van der Waals surface area contributed by atoms with Gasteiger partial charge in [-0.3, -0.25) is 9.69 Å². The van der Waals surface area contributed by atoms with Gasteiger partial charge in [-0.2, -0.15) is 0 Å². The van der Waals surface area contributed by atoms with Gasteiger partial charge in [0.05, 0.1) is 6.61 Å². The van der Waals surface area contributed by atoms with E-state index in [1.165, 1.54) is 0 Å². The van der Waals surface area contributed by atoms with Crippen molar-refractivity contribution in [2.75, 3.05) is 39.4 Å². The molecule has 0 N–H and O–H groups in total. The number of carbonyl (C=O) groups is 1. The molecule has 4 heteroatoms. The van der Waals surface area contributed by atoms with Crippen LogP contribution < -0.4 is 0 Å². The van der Waals surface area contributed by atoms with Crippen molar-refractivity contribution in [3.63, 3.8) is 0 Å². The number of carbonyl (C=O) groups excluding carboxylic acids is 1. The second-order valence-corrected chi connectivity index (χ2v) is 4.06. The van der Waals surface area contributed by atoms with E-state index in [0.717, 1.165) is 45.8 Å². The molecule has 1 atom stereocenters. The third-order valence-electron chi connectivity index (χ3n) is 3.18. The van der Waals surface area contributed by atoms with E-state index in [1.54, 1.807) is 6.92 Å². The Morgan fingerprint density at radius 2 is 2.00 bits per heavy atom. The Kier molecular flexibility index (Phi) is 3.03. The van der Waals surface area contributed by atoms with Gasteiger partial charge >= 0.3 is 0 Å². The van der Waals surface area contributed by atoms with E-state index in [0.29, 0.717) is 6.04 Å². The standard InChI is InChI=1S/C10H18N2O2/c1-9(13)11-3-5-12(6-4-11)10-2-7-14-8-10/h10H,2-8H2,1H3/t10-/m1/s1. The van der Waals surface area contributed by atoms with Crippen LogP contribution in [0.5, 0.6) is 0 Å². The molecule has 0 aromatic heterocycles. The largest absolute Gasteiger partial charge is 0.380 e. The summed E-state index contributed by atoms with van der Waals surface area (Å²) in [5.74, 6) is 0.201. The van der Waals surface area contributed by atoms with Crippen molar-refractivity contribution >= 4 is 5.91 Å². The van der Waals surface area contributed by atoms with Crippen LogP contribution in [0.1, 0.15) is 13.3 Å². The SMILES string of the molecule is CC(=O)N1CCN([C@@H]2CCOC2)CC1. The molecule has 80 valence electrons. The molecule has 2 rings (SSSR count). The molecule has 0 radical (unpaired) electrons. The van der Waals surface area contributed by atoms with Crippen molar-refractivity contribution in [2.45, 2.75) is 19.4 Å². The first-order valence-corrected chi connectivity index (χ1v) is 5.34. The number of amides is 1. The zero-order chi connectivity index (χ0) is 9.97. The zero-order valence-electron chi connectivity index (χ0n) is 8.74. The van der Waals surface area contributed by atoms with Crippen LogP contribution in [0.3, 0.4) is 0 Å². The molecule has 4 nitrogen and oxygen atoms in total. The van der Waals surface area contributed by atoms with Gasteiger partial charge in [-0.05, 0) is 6.42 Å². The quantitative estimate of drug-likeness (QED) is 0.592. The van der Waals surface area contributed by atoms with E-state index in [1.807, 2.05) is 4.90 Å². The van der Waals surface area contributed by atoms with Crippen LogP contribution in [0.25, 0.3) is 0 Å². The van der Waals surface area contributed by atoms with Gasteiger partial charge in [0.2, 0.25) is 5.91 Å². The van der Waals surface area contributed by atoms with E-state index < -0.39 is 0 Å². The average Bonchev–Trinajstić information content (AvgIpc) is 2.71. The summed E-state index contributed by atoms with van der Waals surface area (Å²) >= 11 is 0. The molecule has 1 amide bonds. The predicted molar refractivity (Wildman–Crippen MR) is 53.1 cm³/mol. The second kappa shape index (κ2) is 4.28. The number of nitrogens with zero attached hydrogens (tertiary/aromatic N) is 2.